The Morgan fingerprint density at radius 3 is 2.46 bits per heavy atom. The van der Waals surface area contributed by atoms with Crippen molar-refractivity contribution in [3.05, 3.63) is 58.9 Å². The molecule has 0 unspecified atom stereocenters. The molecule has 0 spiro atoms. The van der Waals surface area contributed by atoms with Gasteiger partial charge in [0.05, 0.1) is 5.56 Å². The van der Waals surface area contributed by atoms with Crippen molar-refractivity contribution in [2.45, 2.75) is 20.8 Å². The van der Waals surface area contributed by atoms with Gasteiger partial charge in [-0.3, -0.25) is 4.79 Å². The zero-order valence-corrected chi connectivity index (χ0v) is 13.4. The number of benzene rings is 1. The number of hydrogen-bond donors (Lipinski definition) is 1. The van der Waals surface area contributed by atoms with E-state index in [-0.39, 0.29) is 0 Å². The number of nitrogens with one attached hydrogen (secondary N) is 1. The number of nitrogens with zero attached hydrogens (tertiary/aromatic N) is 3. The third kappa shape index (κ3) is 3.15. The lowest BCUT2D eigenvalue weighted by atomic mass is 10.1. The molecule has 0 saturated heterocycles. The number of carbonyl (C=O) groups is 1. The van der Waals surface area contributed by atoms with Crippen LogP contribution in [0.3, 0.4) is 0 Å². The van der Waals surface area contributed by atoms with Gasteiger partial charge in [0.15, 0.2) is 0 Å². The average molecular weight is 326 g/mol. The number of hydrogen-bond acceptors (Lipinski definition) is 5. The Hall–Kier alpha value is -3.09. The second kappa shape index (κ2) is 6.19. The molecule has 3 rings (SSSR count). The molecular weight excluding hydrogens is 311 g/mol. The normalized spacial score (nSPS) is 10.7. The summed E-state index contributed by atoms with van der Waals surface area (Å²) in [4.78, 5) is 21.0. The average Bonchev–Trinajstić information content (AvgIpc) is 2.93. The molecule has 3 aromatic rings. The second-order valence-electron chi connectivity index (χ2n) is 5.40. The first kappa shape index (κ1) is 15.8. The first-order valence-electron chi connectivity index (χ1n) is 7.30. The fraction of sp³-hybridized carbons (Fsp3) is 0.176. The summed E-state index contributed by atoms with van der Waals surface area (Å²) in [6.07, 6.45) is 0. The van der Waals surface area contributed by atoms with Gasteiger partial charge in [-0.1, -0.05) is 5.16 Å². The number of carbonyl (C=O) groups excluding carboxylic acids is 1. The van der Waals surface area contributed by atoms with Gasteiger partial charge in [0, 0.05) is 18.2 Å². The van der Waals surface area contributed by atoms with Gasteiger partial charge in [0.1, 0.15) is 11.6 Å². The molecule has 0 saturated carbocycles. The third-order valence-corrected chi connectivity index (χ3v) is 3.43. The SMILES string of the molecule is Cc1cc(C)c(-c2noc(C)n2)c(NC(=O)c2ccc(F)cc2)n1. The molecule has 0 aliphatic rings. The molecule has 0 aliphatic carbocycles. The van der Waals surface area contributed by atoms with Gasteiger partial charge in [-0.2, -0.15) is 4.98 Å². The van der Waals surface area contributed by atoms with Crippen molar-refractivity contribution < 1.29 is 13.7 Å². The maximum Gasteiger partial charge on any atom is 0.256 e. The lowest BCUT2D eigenvalue weighted by Crippen LogP contribution is -2.15. The first-order valence-corrected chi connectivity index (χ1v) is 7.30. The summed E-state index contributed by atoms with van der Waals surface area (Å²) >= 11 is 0. The summed E-state index contributed by atoms with van der Waals surface area (Å²) in [5.74, 6) is 0.309. The highest BCUT2D eigenvalue weighted by Gasteiger charge is 2.18. The fourth-order valence-corrected chi connectivity index (χ4v) is 2.39. The minimum atomic E-state index is -0.404. The Morgan fingerprint density at radius 2 is 1.83 bits per heavy atom. The molecule has 1 aromatic carbocycles. The Bertz CT molecular complexity index is 903. The molecule has 0 aliphatic heterocycles. The lowest BCUT2D eigenvalue weighted by molar-refractivity contribution is 0.102. The number of halogens is 1. The minimum Gasteiger partial charge on any atom is -0.339 e. The van der Waals surface area contributed by atoms with Gasteiger partial charge in [-0.25, -0.2) is 9.37 Å². The predicted octanol–water partition coefficient (Wildman–Crippen LogP) is 3.45. The zero-order valence-electron chi connectivity index (χ0n) is 13.4. The van der Waals surface area contributed by atoms with Crippen LogP contribution in [-0.2, 0) is 0 Å². The van der Waals surface area contributed by atoms with E-state index in [1.807, 2.05) is 19.9 Å². The van der Waals surface area contributed by atoms with Gasteiger partial charge in [-0.15, -0.1) is 0 Å². The summed E-state index contributed by atoms with van der Waals surface area (Å²) in [7, 11) is 0. The topological polar surface area (TPSA) is 80.9 Å². The molecule has 7 heteroatoms. The van der Waals surface area contributed by atoms with Crippen LogP contribution < -0.4 is 5.32 Å². The van der Waals surface area contributed by atoms with Crippen LogP contribution in [0.25, 0.3) is 11.4 Å². The van der Waals surface area contributed by atoms with Gasteiger partial charge < -0.3 is 9.84 Å². The largest absolute Gasteiger partial charge is 0.339 e. The summed E-state index contributed by atoms with van der Waals surface area (Å²) in [5.41, 5.74) is 2.52. The number of rotatable bonds is 3. The maximum atomic E-state index is 13.0. The highest BCUT2D eigenvalue weighted by molar-refractivity contribution is 6.05. The fourth-order valence-electron chi connectivity index (χ4n) is 2.39. The van der Waals surface area contributed by atoms with Crippen LogP contribution in [0.1, 0.15) is 27.5 Å². The van der Waals surface area contributed by atoms with Gasteiger partial charge >= 0.3 is 0 Å². The van der Waals surface area contributed by atoms with Crippen LogP contribution in [0.4, 0.5) is 10.2 Å². The second-order valence-corrected chi connectivity index (χ2v) is 5.40. The number of aromatic nitrogens is 3. The Kier molecular flexibility index (Phi) is 4.07. The third-order valence-electron chi connectivity index (χ3n) is 3.43. The zero-order chi connectivity index (χ0) is 17.3. The van der Waals surface area contributed by atoms with Gasteiger partial charge in [-0.05, 0) is 49.7 Å². The molecule has 0 bridgehead atoms. The van der Waals surface area contributed by atoms with E-state index in [0.717, 1.165) is 11.3 Å². The van der Waals surface area contributed by atoms with Gasteiger partial charge in [0.2, 0.25) is 11.7 Å². The maximum absolute atomic E-state index is 13.0. The lowest BCUT2D eigenvalue weighted by Gasteiger charge is -2.11. The van der Waals surface area contributed by atoms with E-state index in [4.69, 9.17) is 4.52 Å². The van der Waals surface area contributed by atoms with Crippen molar-refractivity contribution in [3.8, 4) is 11.4 Å². The minimum absolute atomic E-state index is 0.326. The van der Waals surface area contributed by atoms with Crippen LogP contribution in [-0.4, -0.2) is 21.0 Å². The van der Waals surface area contributed by atoms with Crippen LogP contribution in [0.5, 0.6) is 0 Å². The molecule has 122 valence electrons. The molecule has 0 fully saturated rings. The Balaban J connectivity index is 2.00. The van der Waals surface area contributed by atoms with Crippen LogP contribution in [0.2, 0.25) is 0 Å². The van der Waals surface area contributed by atoms with E-state index >= 15 is 0 Å². The Morgan fingerprint density at radius 1 is 1.12 bits per heavy atom. The molecule has 1 amide bonds. The quantitative estimate of drug-likeness (QED) is 0.797. The molecule has 2 heterocycles. The van der Waals surface area contributed by atoms with Crippen molar-refractivity contribution in [1.82, 2.24) is 15.1 Å². The molecule has 6 nitrogen and oxygen atoms in total. The van der Waals surface area contributed by atoms with E-state index in [9.17, 15) is 9.18 Å². The Labute approximate surface area is 137 Å². The number of aryl methyl sites for hydroxylation is 3. The van der Waals surface area contributed by atoms with Gasteiger partial charge in [0.25, 0.3) is 5.91 Å². The monoisotopic (exact) mass is 326 g/mol. The summed E-state index contributed by atoms with van der Waals surface area (Å²) in [6, 6.07) is 7.14. The van der Waals surface area contributed by atoms with Crippen molar-refractivity contribution in [2.75, 3.05) is 5.32 Å². The van der Waals surface area contributed by atoms with E-state index in [1.54, 1.807) is 6.92 Å². The number of pyridine rings is 1. The molecule has 2 aromatic heterocycles. The molecule has 1 N–H and O–H groups in total. The number of amides is 1. The van der Waals surface area contributed by atoms with Crippen LogP contribution in [0, 0.1) is 26.6 Å². The van der Waals surface area contributed by atoms with E-state index < -0.39 is 11.7 Å². The first-order chi connectivity index (χ1) is 11.4. The van der Waals surface area contributed by atoms with Crippen molar-refractivity contribution in [2.24, 2.45) is 0 Å². The molecule has 0 radical (unpaired) electrons. The van der Waals surface area contributed by atoms with Crippen molar-refractivity contribution >= 4 is 11.7 Å². The van der Waals surface area contributed by atoms with Crippen LogP contribution >= 0.6 is 0 Å². The molecule has 0 atom stereocenters. The van der Waals surface area contributed by atoms with Crippen molar-refractivity contribution in [1.29, 1.82) is 0 Å². The highest BCUT2D eigenvalue weighted by atomic mass is 19.1. The summed E-state index contributed by atoms with van der Waals surface area (Å²) in [5, 5.41) is 6.64. The highest BCUT2D eigenvalue weighted by Crippen LogP contribution is 2.28. The summed E-state index contributed by atoms with van der Waals surface area (Å²) < 4.78 is 18.0. The molecule has 24 heavy (non-hydrogen) atoms. The van der Waals surface area contributed by atoms with Crippen LogP contribution in [0.15, 0.2) is 34.9 Å². The standard InChI is InChI=1S/C17H15FN4O2/c1-9-8-10(2)19-15(14(9)16-20-11(3)24-22-16)21-17(23)12-4-6-13(18)7-5-12/h4-8H,1-3H3,(H,19,21,23). The van der Waals surface area contributed by atoms with E-state index in [0.29, 0.717) is 28.7 Å². The van der Waals surface area contributed by atoms with E-state index in [1.165, 1.54) is 24.3 Å². The molecular formula is C17H15FN4O2. The van der Waals surface area contributed by atoms with Crippen molar-refractivity contribution in [3.63, 3.8) is 0 Å². The smallest absolute Gasteiger partial charge is 0.256 e. The predicted molar refractivity (Wildman–Crippen MR) is 86.1 cm³/mol. The van der Waals surface area contributed by atoms with E-state index in [2.05, 4.69) is 20.4 Å². The number of anilines is 1. The summed E-state index contributed by atoms with van der Waals surface area (Å²) in [6.45, 7) is 5.39.